The number of fused-ring (bicyclic) bond motifs is 3. The fourth-order valence-corrected chi connectivity index (χ4v) is 5.62. The number of benzene rings is 1. The largest absolute Gasteiger partial charge is 0.508 e. The van der Waals surface area contributed by atoms with Gasteiger partial charge in [0.1, 0.15) is 5.75 Å². The summed E-state index contributed by atoms with van der Waals surface area (Å²) in [6.07, 6.45) is 3.53. The Kier molecular flexibility index (Phi) is 4.30. The molecular weight excluding hydrogens is 412 g/mol. The minimum Gasteiger partial charge on any atom is -0.508 e. The molecule has 162 valence electrons. The number of nitrogens with two attached hydrogens (primary N) is 1. The number of hydrogen-bond acceptors (Lipinski definition) is 6. The molecule has 8 heteroatoms. The maximum Gasteiger partial charge on any atom is 0.328 e. The van der Waals surface area contributed by atoms with Gasteiger partial charge in [0.25, 0.3) is 0 Å². The number of carbonyl (C=O) groups is 5. The fourth-order valence-electron chi connectivity index (χ4n) is 5.62. The van der Waals surface area contributed by atoms with Crippen LogP contribution in [0.25, 0.3) is 0 Å². The Hall–Kier alpha value is -3.81. The summed E-state index contributed by atoms with van der Waals surface area (Å²) in [5.41, 5.74) is 7.82. The standard InChI is InChI=1S/C24H20N2O6/c1-10-8-17(28)16-9-15-13(6-7-14-19(15)23(31)26(22(14)30)24(25)32)18(20(16)21(10)29)11-2-4-12(27)5-3-11/h2-6,8,14-15,18-19,27H,7,9H2,1H3,(H2,25,32)/t14-,15+,18-,19-/m0/s1. The van der Waals surface area contributed by atoms with Crippen LogP contribution in [0.2, 0.25) is 0 Å². The first-order valence-corrected chi connectivity index (χ1v) is 10.4. The van der Waals surface area contributed by atoms with Crippen molar-refractivity contribution in [1.29, 1.82) is 0 Å². The molecule has 1 fully saturated rings. The maximum absolute atomic E-state index is 13.2. The molecule has 0 bridgehead atoms. The van der Waals surface area contributed by atoms with E-state index < -0.39 is 41.5 Å². The van der Waals surface area contributed by atoms with E-state index in [9.17, 15) is 29.1 Å². The number of urea groups is 1. The van der Waals surface area contributed by atoms with Crippen LogP contribution >= 0.6 is 0 Å². The van der Waals surface area contributed by atoms with Crippen LogP contribution in [0.5, 0.6) is 5.75 Å². The van der Waals surface area contributed by atoms with Crippen LogP contribution in [-0.4, -0.2) is 39.4 Å². The average Bonchev–Trinajstić information content (AvgIpc) is 3.01. The highest BCUT2D eigenvalue weighted by Gasteiger charge is 2.57. The van der Waals surface area contributed by atoms with Gasteiger partial charge in [-0.25, -0.2) is 4.79 Å². The van der Waals surface area contributed by atoms with Crippen molar-refractivity contribution in [1.82, 2.24) is 4.90 Å². The Morgan fingerprint density at radius 1 is 1.06 bits per heavy atom. The Bertz CT molecular complexity index is 1220. The monoisotopic (exact) mass is 432 g/mol. The molecule has 0 aromatic heterocycles. The van der Waals surface area contributed by atoms with Crippen molar-refractivity contribution in [2.45, 2.75) is 25.7 Å². The number of carbonyl (C=O) groups excluding carboxylic acids is 5. The van der Waals surface area contributed by atoms with Gasteiger partial charge in [0.15, 0.2) is 11.6 Å². The van der Waals surface area contributed by atoms with Crippen molar-refractivity contribution in [2.75, 3.05) is 0 Å². The SMILES string of the molecule is CC1=CC(=O)C2=C(C1=O)[C@@H](c1ccc(O)cc1)C1=CC[C@@H]3C(=O)N(C(N)=O)C(=O)[C@@H]3[C@@H]1C2. The first-order valence-electron chi connectivity index (χ1n) is 10.4. The number of nitrogens with zero attached hydrogens (tertiary/aromatic N) is 1. The number of hydrogen-bond donors (Lipinski definition) is 2. The van der Waals surface area contributed by atoms with E-state index in [0.29, 0.717) is 27.2 Å². The van der Waals surface area contributed by atoms with Crippen LogP contribution < -0.4 is 5.73 Å². The normalized spacial score (nSPS) is 29.3. The second-order valence-electron chi connectivity index (χ2n) is 8.67. The van der Waals surface area contributed by atoms with Gasteiger partial charge in [-0.05, 0) is 49.5 Å². The lowest BCUT2D eigenvalue weighted by Crippen LogP contribution is -2.42. The predicted octanol–water partition coefficient (Wildman–Crippen LogP) is 1.90. The Morgan fingerprint density at radius 2 is 1.75 bits per heavy atom. The van der Waals surface area contributed by atoms with Crippen LogP contribution in [0.1, 0.15) is 31.2 Å². The number of imide groups is 3. The third kappa shape index (κ3) is 2.65. The van der Waals surface area contributed by atoms with E-state index in [1.165, 1.54) is 18.2 Å². The molecule has 1 heterocycles. The molecule has 0 unspecified atom stereocenters. The van der Waals surface area contributed by atoms with Crippen molar-refractivity contribution in [3.63, 3.8) is 0 Å². The molecule has 4 aliphatic rings. The molecule has 4 amide bonds. The van der Waals surface area contributed by atoms with E-state index in [2.05, 4.69) is 0 Å². The van der Waals surface area contributed by atoms with E-state index >= 15 is 0 Å². The lowest BCUT2D eigenvalue weighted by atomic mass is 9.59. The van der Waals surface area contributed by atoms with Crippen LogP contribution in [0, 0.1) is 17.8 Å². The van der Waals surface area contributed by atoms with Crippen LogP contribution in [-0.2, 0) is 19.2 Å². The zero-order valence-corrected chi connectivity index (χ0v) is 17.2. The van der Waals surface area contributed by atoms with Gasteiger partial charge < -0.3 is 10.8 Å². The molecular formula is C24H20N2O6. The van der Waals surface area contributed by atoms with Gasteiger partial charge in [0.2, 0.25) is 11.8 Å². The smallest absolute Gasteiger partial charge is 0.328 e. The number of rotatable bonds is 1. The zero-order chi connectivity index (χ0) is 22.9. The van der Waals surface area contributed by atoms with E-state index in [1.54, 1.807) is 19.1 Å². The molecule has 8 nitrogen and oxygen atoms in total. The second-order valence-corrected chi connectivity index (χ2v) is 8.67. The van der Waals surface area contributed by atoms with E-state index in [4.69, 9.17) is 5.73 Å². The van der Waals surface area contributed by atoms with Gasteiger partial charge in [-0.1, -0.05) is 23.8 Å². The highest BCUT2D eigenvalue weighted by atomic mass is 16.3. The van der Waals surface area contributed by atoms with Crippen LogP contribution in [0.3, 0.4) is 0 Å². The maximum atomic E-state index is 13.2. The molecule has 0 radical (unpaired) electrons. The van der Waals surface area contributed by atoms with E-state index in [-0.39, 0.29) is 30.2 Å². The quantitative estimate of drug-likeness (QED) is 0.395. The van der Waals surface area contributed by atoms with Crippen LogP contribution in [0.15, 0.2) is 58.7 Å². The number of primary amides is 1. The van der Waals surface area contributed by atoms with Crippen LogP contribution in [0.4, 0.5) is 4.79 Å². The molecule has 1 aliphatic heterocycles. The summed E-state index contributed by atoms with van der Waals surface area (Å²) in [7, 11) is 0. The summed E-state index contributed by atoms with van der Waals surface area (Å²) in [6, 6.07) is 5.26. The summed E-state index contributed by atoms with van der Waals surface area (Å²) < 4.78 is 0. The van der Waals surface area contributed by atoms with Crippen molar-refractivity contribution in [3.05, 3.63) is 64.3 Å². The van der Waals surface area contributed by atoms with Crippen molar-refractivity contribution >= 4 is 29.4 Å². The number of phenolic OH excluding ortho intramolecular Hbond substituents is 1. The molecule has 1 aromatic carbocycles. The summed E-state index contributed by atoms with van der Waals surface area (Å²) >= 11 is 0. The molecule has 32 heavy (non-hydrogen) atoms. The first-order chi connectivity index (χ1) is 15.2. The van der Waals surface area contributed by atoms with Gasteiger partial charge in [-0.15, -0.1) is 0 Å². The molecule has 3 N–H and O–H groups in total. The summed E-state index contributed by atoms with van der Waals surface area (Å²) in [5.74, 6) is -4.38. The molecule has 3 aliphatic carbocycles. The second kappa shape index (κ2) is 6.85. The van der Waals surface area contributed by atoms with Gasteiger partial charge in [0, 0.05) is 22.6 Å². The lowest BCUT2D eigenvalue weighted by Gasteiger charge is -2.42. The molecule has 1 aromatic rings. The van der Waals surface area contributed by atoms with E-state index in [0.717, 1.165) is 5.57 Å². The van der Waals surface area contributed by atoms with Gasteiger partial charge in [-0.3, -0.25) is 19.2 Å². The van der Waals surface area contributed by atoms with Gasteiger partial charge in [-0.2, -0.15) is 4.90 Å². The number of aromatic hydroxyl groups is 1. The number of amides is 4. The lowest BCUT2D eigenvalue weighted by molar-refractivity contribution is -0.136. The number of Topliss-reactive ketones (excluding diaryl/α,β-unsaturated/α-hetero) is 1. The Balaban J connectivity index is 1.69. The molecule has 4 atom stereocenters. The summed E-state index contributed by atoms with van der Waals surface area (Å²) in [5, 5.41) is 9.74. The first kappa shape index (κ1) is 20.1. The average molecular weight is 432 g/mol. The minimum atomic E-state index is -1.11. The predicted molar refractivity (Wildman–Crippen MR) is 111 cm³/mol. The highest BCUT2D eigenvalue weighted by Crippen LogP contribution is 2.55. The Labute approximate surface area is 183 Å². The number of ketones is 2. The number of phenols is 1. The third-order valence-corrected chi connectivity index (χ3v) is 7.01. The van der Waals surface area contributed by atoms with Gasteiger partial charge >= 0.3 is 6.03 Å². The topological polar surface area (TPSA) is 135 Å². The minimum absolute atomic E-state index is 0.0591. The molecule has 0 saturated carbocycles. The van der Waals surface area contributed by atoms with Gasteiger partial charge in [0.05, 0.1) is 11.8 Å². The van der Waals surface area contributed by atoms with E-state index in [1.807, 2.05) is 6.08 Å². The highest BCUT2D eigenvalue weighted by molar-refractivity contribution is 6.24. The van der Waals surface area contributed by atoms with Crippen molar-refractivity contribution in [3.8, 4) is 5.75 Å². The molecule has 0 spiro atoms. The molecule has 5 rings (SSSR count). The molecule has 1 saturated heterocycles. The summed E-state index contributed by atoms with van der Waals surface area (Å²) in [4.78, 5) is 64.1. The van der Waals surface area contributed by atoms with Crippen molar-refractivity contribution < 1.29 is 29.1 Å². The number of likely N-dealkylation sites (tertiary alicyclic amines) is 1. The Morgan fingerprint density at radius 3 is 2.41 bits per heavy atom. The third-order valence-electron chi connectivity index (χ3n) is 7.01. The summed E-state index contributed by atoms with van der Waals surface area (Å²) in [6.45, 7) is 1.60. The fraction of sp³-hybridized carbons (Fsp3) is 0.292. The number of allylic oxidation sites excluding steroid dienone is 6. The zero-order valence-electron chi connectivity index (χ0n) is 17.2. The van der Waals surface area contributed by atoms with Crippen molar-refractivity contribution in [2.24, 2.45) is 23.5 Å².